The lowest BCUT2D eigenvalue weighted by Gasteiger charge is -2.24. The van der Waals surface area contributed by atoms with Gasteiger partial charge in [0, 0.05) is 7.05 Å². The summed E-state index contributed by atoms with van der Waals surface area (Å²) in [5.41, 5.74) is 0.886. The normalized spacial score (nSPS) is 12.3. The van der Waals surface area contributed by atoms with E-state index in [0.29, 0.717) is 0 Å². The molecule has 2 nitrogen and oxygen atoms in total. The maximum Gasteiger partial charge on any atom is 0.237 e. The summed E-state index contributed by atoms with van der Waals surface area (Å²) >= 11 is 5.45. The molecule has 0 fully saturated rings. The fourth-order valence-corrected chi connectivity index (χ4v) is 1.46. The van der Waals surface area contributed by atoms with E-state index in [1.54, 1.807) is 24.1 Å². The number of rotatable bonds is 3. The van der Waals surface area contributed by atoms with Crippen LogP contribution in [0.1, 0.15) is 18.5 Å². The second-order valence-electron chi connectivity index (χ2n) is 3.37. The largest absolute Gasteiger partial charge is 0.338 e. The predicted molar refractivity (Wildman–Crippen MR) is 58.3 cm³/mol. The van der Waals surface area contributed by atoms with Gasteiger partial charge in [-0.25, -0.2) is 4.39 Å². The molecule has 1 amide bonds. The number of hydrogen-bond acceptors (Lipinski definition) is 1. The maximum absolute atomic E-state index is 12.7. The Morgan fingerprint density at radius 2 is 2.00 bits per heavy atom. The van der Waals surface area contributed by atoms with Crippen LogP contribution in [0.15, 0.2) is 24.3 Å². The molecule has 0 N–H and O–H groups in total. The summed E-state index contributed by atoms with van der Waals surface area (Å²) in [6.45, 7) is 1.87. The third-order valence-corrected chi connectivity index (χ3v) is 2.67. The monoisotopic (exact) mass is 229 g/mol. The molecule has 0 radical (unpaired) electrons. The SMILES string of the molecule is C[C@H](c1ccc(F)cc1)N(C)C(=O)CCl. The van der Waals surface area contributed by atoms with Crippen LogP contribution in [0.5, 0.6) is 0 Å². The Kier molecular flexibility index (Phi) is 4.09. The number of benzene rings is 1. The van der Waals surface area contributed by atoms with Gasteiger partial charge in [0.2, 0.25) is 5.91 Å². The van der Waals surface area contributed by atoms with Crippen molar-refractivity contribution < 1.29 is 9.18 Å². The maximum atomic E-state index is 12.7. The molecule has 0 saturated carbocycles. The highest BCUT2D eigenvalue weighted by molar-refractivity contribution is 6.27. The molecule has 0 aliphatic carbocycles. The highest BCUT2D eigenvalue weighted by Gasteiger charge is 2.15. The van der Waals surface area contributed by atoms with Crippen LogP contribution in [-0.2, 0) is 4.79 Å². The van der Waals surface area contributed by atoms with Crippen molar-refractivity contribution >= 4 is 17.5 Å². The van der Waals surface area contributed by atoms with Gasteiger partial charge in [-0.15, -0.1) is 11.6 Å². The number of carbonyl (C=O) groups is 1. The quantitative estimate of drug-likeness (QED) is 0.730. The van der Waals surface area contributed by atoms with Crippen molar-refractivity contribution in [3.05, 3.63) is 35.6 Å². The van der Waals surface area contributed by atoms with Gasteiger partial charge in [0.1, 0.15) is 11.7 Å². The summed E-state index contributed by atoms with van der Waals surface area (Å²) in [5.74, 6) is -0.465. The fraction of sp³-hybridized carbons (Fsp3) is 0.364. The lowest BCUT2D eigenvalue weighted by molar-refractivity contribution is -0.129. The average molecular weight is 230 g/mol. The predicted octanol–water partition coefficient (Wildman–Crippen LogP) is 2.58. The third kappa shape index (κ3) is 2.93. The molecule has 0 bridgehead atoms. The Hall–Kier alpha value is -1.09. The second kappa shape index (κ2) is 5.12. The smallest absolute Gasteiger partial charge is 0.237 e. The third-order valence-electron chi connectivity index (χ3n) is 2.44. The van der Waals surface area contributed by atoms with Crippen LogP contribution >= 0.6 is 11.6 Å². The molecule has 0 aliphatic heterocycles. The topological polar surface area (TPSA) is 20.3 Å². The first-order chi connectivity index (χ1) is 7.06. The van der Waals surface area contributed by atoms with Gasteiger partial charge in [0.15, 0.2) is 0 Å². The lowest BCUT2D eigenvalue weighted by atomic mass is 10.1. The van der Waals surface area contributed by atoms with Crippen LogP contribution in [-0.4, -0.2) is 23.7 Å². The Morgan fingerprint density at radius 1 is 1.47 bits per heavy atom. The molecular formula is C11H13ClFNO. The molecule has 1 aromatic rings. The summed E-state index contributed by atoms with van der Waals surface area (Å²) < 4.78 is 12.7. The van der Waals surface area contributed by atoms with Crippen molar-refractivity contribution in [3.63, 3.8) is 0 Å². The molecule has 1 aromatic carbocycles. The molecule has 15 heavy (non-hydrogen) atoms. The van der Waals surface area contributed by atoms with E-state index < -0.39 is 0 Å². The van der Waals surface area contributed by atoms with Crippen molar-refractivity contribution in [3.8, 4) is 0 Å². The van der Waals surface area contributed by atoms with E-state index in [1.807, 2.05) is 6.92 Å². The minimum atomic E-state index is -0.280. The van der Waals surface area contributed by atoms with Gasteiger partial charge in [-0.3, -0.25) is 4.79 Å². The van der Waals surface area contributed by atoms with E-state index in [0.717, 1.165) is 5.56 Å². The van der Waals surface area contributed by atoms with Crippen LogP contribution in [0, 0.1) is 5.82 Å². The first-order valence-electron chi connectivity index (χ1n) is 4.63. The summed E-state index contributed by atoms with van der Waals surface area (Å²) in [4.78, 5) is 12.9. The molecule has 4 heteroatoms. The Labute approximate surface area is 93.6 Å². The molecule has 1 rings (SSSR count). The molecule has 0 aliphatic rings. The van der Waals surface area contributed by atoms with E-state index in [-0.39, 0.29) is 23.6 Å². The van der Waals surface area contributed by atoms with E-state index >= 15 is 0 Å². The molecule has 82 valence electrons. The summed E-state index contributed by atoms with van der Waals surface area (Å²) in [5, 5.41) is 0. The lowest BCUT2D eigenvalue weighted by Crippen LogP contribution is -2.30. The highest BCUT2D eigenvalue weighted by Crippen LogP contribution is 2.19. The second-order valence-corrected chi connectivity index (χ2v) is 3.63. The minimum Gasteiger partial charge on any atom is -0.338 e. The number of halogens is 2. The first-order valence-corrected chi connectivity index (χ1v) is 5.16. The standard InChI is InChI=1S/C11H13ClFNO/c1-8(14(2)11(15)7-12)9-3-5-10(13)6-4-9/h3-6,8H,7H2,1-2H3/t8-/m1/s1. The van der Waals surface area contributed by atoms with Crippen LogP contribution < -0.4 is 0 Å². The number of hydrogen-bond donors (Lipinski definition) is 0. The number of amides is 1. The van der Waals surface area contributed by atoms with E-state index in [9.17, 15) is 9.18 Å². The van der Waals surface area contributed by atoms with Crippen molar-refractivity contribution in [1.29, 1.82) is 0 Å². The summed E-state index contributed by atoms with van der Waals surface area (Å²) in [6, 6.07) is 5.99. The zero-order valence-corrected chi connectivity index (χ0v) is 9.46. The number of carbonyl (C=O) groups excluding carboxylic acids is 1. The fourth-order valence-electron chi connectivity index (χ4n) is 1.28. The van der Waals surface area contributed by atoms with Crippen LogP contribution in [0.25, 0.3) is 0 Å². The Morgan fingerprint density at radius 3 is 2.47 bits per heavy atom. The average Bonchev–Trinajstić information content (AvgIpc) is 2.27. The number of alkyl halides is 1. The Balaban J connectivity index is 2.80. The van der Waals surface area contributed by atoms with Crippen molar-refractivity contribution in [2.45, 2.75) is 13.0 Å². The Bertz CT molecular complexity index is 339. The zero-order chi connectivity index (χ0) is 11.4. The van der Waals surface area contributed by atoms with Gasteiger partial charge in [-0.05, 0) is 24.6 Å². The van der Waals surface area contributed by atoms with Crippen LogP contribution in [0.4, 0.5) is 4.39 Å². The van der Waals surface area contributed by atoms with Gasteiger partial charge in [-0.2, -0.15) is 0 Å². The molecule has 0 saturated heterocycles. The van der Waals surface area contributed by atoms with Gasteiger partial charge in [0.05, 0.1) is 6.04 Å². The highest BCUT2D eigenvalue weighted by atomic mass is 35.5. The van der Waals surface area contributed by atoms with Gasteiger partial charge >= 0.3 is 0 Å². The van der Waals surface area contributed by atoms with E-state index in [2.05, 4.69) is 0 Å². The van der Waals surface area contributed by atoms with Crippen molar-refractivity contribution in [1.82, 2.24) is 4.90 Å². The molecule has 0 aromatic heterocycles. The molecule has 0 spiro atoms. The minimum absolute atomic E-state index is 0.0396. The summed E-state index contributed by atoms with van der Waals surface area (Å²) in [6.07, 6.45) is 0. The van der Waals surface area contributed by atoms with Gasteiger partial charge < -0.3 is 4.90 Å². The molecular weight excluding hydrogens is 217 g/mol. The van der Waals surface area contributed by atoms with Gasteiger partial charge in [0.25, 0.3) is 0 Å². The number of nitrogens with zero attached hydrogens (tertiary/aromatic N) is 1. The molecule has 0 heterocycles. The van der Waals surface area contributed by atoms with Gasteiger partial charge in [-0.1, -0.05) is 12.1 Å². The molecule has 1 atom stereocenters. The van der Waals surface area contributed by atoms with E-state index in [4.69, 9.17) is 11.6 Å². The van der Waals surface area contributed by atoms with Crippen LogP contribution in [0.3, 0.4) is 0 Å². The molecule has 0 unspecified atom stereocenters. The zero-order valence-electron chi connectivity index (χ0n) is 8.71. The summed E-state index contributed by atoms with van der Waals surface area (Å²) in [7, 11) is 1.68. The van der Waals surface area contributed by atoms with Crippen molar-refractivity contribution in [2.75, 3.05) is 12.9 Å². The van der Waals surface area contributed by atoms with Crippen molar-refractivity contribution in [2.24, 2.45) is 0 Å². The van der Waals surface area contributed by atoms with E-state index in [1.165, 1.54) is 12.1 Å². The first kappa shape index (κ1) is 12.0. The van der Waals surface area contributed by atoms with Crippen LogP contribution in [0.2, 0.25) is 0 Å².